The highest BCUT2D eigenvalue weighted by atomic mass is 16.6. The molecule has 0 unspecified atom stereocenters. The Morgan fingerprint density at radius 1 is 0.618 bits per heavy atom. The molecule has 6 N–H and O–H groups in total. The van der Waals surface area contributed by atoms with Gasteiger partial charge in [0.1, 0.15) is 0 Å². The lowest BCUT2D eigenvalue weighted by molar-refractivity contribution is -0.187. The number of rotatable bonds is 11. The summed E-state index contributed by atoms with van der Waals surface area (Å²) in [6, 6.07) is 7.57. The van der Waals surface area contributed by atoms with Crippen LogP contribution in [0.4, 0.5) is 0 Å². The molecule has 2 aromatic carbocycles. The number of aryl methyl sites for hydroxylation is 2. The zero-order chi connectivity index (χ0) is 25.4. The van der Waals surface area contributed by atoms with Gasteiger partial charge >= 0.3 is 23.9 Å². The van der Waals surface area contributed by atoms with Gasteiger partial charge in [0, 0.05) is 12.8 Å². The third-order valence-corrected chi connectivity index (χ3v) is 4.59. The van der Waals surface area contributed by atoms with Gasteiger partial charge in [0.05, 0.1) is 0 Å². The topological polar surface area (TPSA) is 208 Å². The van der Waals surface area contributed by atoms with Crippen molar-refractivity contribution in [2.24, 2.45) is 0 Å². The number of esters is 2. The van der Waals surface area contributed by atoms with E-state index in [2.05, 4.69) is 0 Å². The second-order valence-corrected chi connectivity index (χ2v) is 7.14. The fraction of sp³-hybridized carbons (Fsp3) is 0.273. The molecule has 0 saturated heterocycles. The first kappa shape index (κ1) is 25.8. The summed E-state index contributed by atoms with van der Waals surface area (Å²) in [5.74, 6) is -7.47. The molecule has 0 aliphatic heterocycles. The van der Waals surface area contributed by atoms with Crippen LogP contribution in [0.1, 0.15) is 24.0 Å². The van der Waals surface area contributed by atoms with E-state index in [0.717, 1.165) is 0 Å². The van der Waals surface area contributed by atoms with Crippen LogP contribution in [0.25, 0.3) is 0 Å². The second kappa shape index (κ2) is 11.4. The minimum Gasteiger partial charge on any atom is -0.504 e. The molecule has 0 aliphatic rings. The van der Waals surface area contributed by atoms with Crippen molar-refractivity contribution in [2.75, 3.05) is 0 Å². The molecule has 0 fully saturated rings. The summed E-state index contributed by atoms with van der Waals surface area (Å²) in [7, 11) is 0. The van der Waals surface area contributed by atoms with Crippen LogP contribution in [0.3, 0.4) is 0 Å². The van der Waals surface area contributed by atoms with Crippen molar-refractivity contribution in [3.8, 4) is 23.0 Å². The molecule has 12 heteroatoms. The molecule has 182 valence electrons. The van der Waals surface area contributed by atoms with Gasteiger partial charge in [-0.2, -0.15) is 0 Å². The molecule has 0 bridgehead atoms. The van der Waals surface area contributed by atoms with E-state index in [1.54, 1.807) is 0 Å². The van der Waals surface area contributed by atoms with Crippen LogP contribution in [0.15, 0.2) is 36.4 Å². The van der Waals surface area contributed by atoms with E-state index in [-0.39, 0.29) is 24.3 Å². The zero-order valence-corrected chi connectivity index (χ0v) is 17.6. The van der Waals surface area contributed by atoms with Crippen molar-refractivity contribution in [2.45, 2.75) is 37.9 Å². The molecule has 0 aliphatic carbocycles. The third-order valence-electron chi connectivity index (χ3n) is 4.59. The number of carbonyl (C=O) groups is 4. The van der Waals surface area contributed by atoms with Crippen LogP contribution in [-0.2, 0) is 41.5 Å². The Kier molecular flexibility index (Phi) is 8.65. The van der Waals surface area contributed by atoms with Gasteiger partial charge in [0.2, 0.25) is 12.2 Å². The number of carbonyl (C=O) groups excluding carboxylic acids is 2. The van der Waals surface area contributed by atoms with E-state index in [9.17, 15) is 49.8 Å². The molecule has 12 nitrogen and oxygen atoms in total. The predicted octanol–water partition coefficient (Wildman–Crippen LogP) is 1.07. The third kappa shape index (κ3) is 7.29. The number of aromatic hydroxyl groups is 4. The van der Waals surface area contributed by atoms with Crippen LogP contribution < -0.4 is 0 Å². The van der Waals surface area contributed by atoms with Crippen molar-refractivity contribution in [3.63, 3.8) is 0 Å². The molecule has 2 aromatic rings. The summed E-state index contributed by atoms with van der Waals surface area (Å²) in [6.07, 6.45) is -5.46. The number of aliphatic carboxylic acids is 2. The molecular formula is C22H22O12. The van der Waals surface area contributed by atoms with Crippen LogP contribution in [0.5, 0.6) is 23.0 Å². The molecule has 2 atom stereocenters. The predicted molar refractivity (Wildman–Crippen MR) is 111 cm³/mol. The Bertz CT molecular complexity index is 992. The first-order valence-corrected chi connectivity index (χ1v) is 9.84. The van der Waals surface area contributed by atoms with Gasteiger partial charge < -0.3 is 40.1 Å². The summed E-state index contributed by atoms with van der Waals surface area (Å²) in [5, 5.41) is 56.2. The van der Waals surface area contributed by atoms with Gasteiger partial charge in [0.25, 0.3) is 0 Å². The lowest BCUT2D eigenvalue weighted by atomic mass is 10.1. The van der Waals surface area contributed by atoms with Crippen LogP contribution in [-0.4, -0.2) is 66.7 Å². The number of benzene rings is 2. The first-order valence-electron chi connectivity index (χ1n) is 9.84. The standard InChI is InChI=1S/C22H22O12/c23-13-5-1-11(9-15(13)25)3-7-17(27)33-19(21(29)30)20(22(31)32)34-18(28)8-4-12-2-6-14(24)16(26)10-12/h1-2,5-6,9-10,19-20,23-26H,3-4,7-8H2,(H,29,30)(H,31,32)/t19-,20+. The van der Waals surface area contributed by atoms with E-state index >= 15 is 0 Å². The van der Waals surface area contributed by atoms with Gasteiger partial charge in [0.15, 0.2) is 23.0 Å². The van der Waals surface area contributed by atoms with Crippen molar-refractivity contribution < 1.29 is 59.3 Å². The Hall–Kier alpha value is -4.48. The highest BCUT2D eigenvalue weighted by Crippen LogP contribution is 2.26. The largest absolute Gasteiger partial charge is 0.504 e. The normalized spacial score (nSPS) is 12.4. The Morgan fingerprint density at radius 2 is 0.971 bits per heavy atom. The van der Waals surface area contributed by atoms with Gasteiger partial charge in [-0.3, -0.25) is 9.59 Å². The van der Waals surface area contributed by atoms with Gasteiger partial charge in [-0.05, 0) is 48.2 Å². The van der Waals surface area contributed by atoms with Crippen molar-refractivity contribution in [1.82, 2.24) is 0 Å². The van der Waals surface area contributed by atoms with Gasteiger partial charge in [-0.15, -0.1) is 0 Å². The number of phenolic OH excluding ortho intramolecular Hbond substituents is 4. The number of ether oxygens (including phenoxy) is 2. The number of carboxylic acid groups (broad SMARTS) is 2. The van der Waals surface area contributed by atoms with Crippen LogP contribution in [0, 0.1) is 0 Å². The molecule has 2 rings (SSSR count). The summed E-state index contributed by atoms with van der Waals surface area (Å²) < 4.78 is 9.47. The SMILES string of the molecule is O=C(CCc1ccc(O)c(O)c1)O[C@H](C(=O)O)[C@@H](OC(=O)CCc1ccc(O)c(O)c1)C(=O)O. The average molecular weight is 478 g/mol. The highest BCUT2D eigenvalue weighted by molar-refractivity contribution is 5.87. The summed E-state index contributed by atoms with van der Waals surface area (Å²) in [4.78, 5) is 47.2. The van der Waals surface area contributed by atoms with E-state index < -0.39 is 60.4 Å². The van der Waals surface area contributed by atoms with Crippen LogP contribution >= 0.6 is 0 Å². The molecule has 34 heavy (non-hydrogen) atoms. The Balaban J connectivity index is 1.98. The fourth-order valence-corrected chi connectivity index (χ4v) is 2.83. The summed E-state index contributed by atoms with van der Waals surface area (Å²) >= 11 is 0. The maximum absolute atomic E-state index is 12.1. The van der Waals surface area contributed by atoms with Crippen LogP contribution in [0.2, 0.25) is 0 Å². The molecule has 0 saturated carbocycles. The zero-order valence-electron chi connectivity index (χ0n) is 17.6. The molecule has 0 radical (unpaired) electrons. The average Bonchev–Trinajstić information content (AvgIpc) is 2.77. The molecular weight excluding hydrogens is 456 g/mol. The molecule has 0 spiro atoms. The van der Waals surface area contributed by atoms with E-state index in [1.807, 2.05) is 0 Å². The monoisotopic (exact) mass is 478 g/mol. The highest BCUT2D eigenvalue weighted by Gasteiger charge is 2.40. The quantitative estimate of drug-likeness (QED) is 0.198. The number of carboxylic acids is 2. The molecule has 0 aromatic heterocycles. The van der Waals surface area contributed by atoms with E-state index in [1.165, 1.54) is 36.4 Å². The first-order chi connectivity index (χ1) is 16.0. The Labute approximate surface area is 192 Å². The van der Waals surface area contributed by atoms with Crippen molar-refractivity contribution >= 4 is 23.9 Å². The Morgan fingerprint density at radius 3 is 1.26 bits per heavy atom. The number of hydrogen-bond acceptors (Lipinski definition) is 10. The van der Waals surface area contributed by atoms with E-state index in [4.69, 9.17) is 9.47 Å². The second-order valence-electron chi connectivity index (χ2n) is 7.14. The number of phenols is 4. The lowest BCUT2D eigenvalue weighted by Crippen LogP contribution is -2.45. The maximum atomic E-state index is 12.1. The van der Waals surface area contributed by atoms with Crippen molar-refractivity contribution in [1.29, 1.82) is 0 Å². The van der Waals surface area contributed by atoms with E-state index in [0.29, 0.717) is 11.1 Å². The molecule has 0 amide bonds. The van der Waals surface area contributed by atoms with Gasteiger partial charge in [-0.25, -0.2) is 9.59 Å². The minimum atomic E-state index is -2.32. The van der Waals surface area contributed by atoms with Gasteiger partial charge in [-0.1, -0.05) is 12.1 Å². The summed E-state index contributed by atoms with van der Waals surface area (Å²) in [5.41, 5.74) is 0.834. The summed E-state index contributed by atoms with van der Waals surface area (Å²) in [6.45, 7) is 0. The fourth-order valence-electron chi connectivity index (χ4n) is 2.83. The lowest BCUT2D eigenvalue weighted by Gasteiger charge is -2.21. The molecule has 0 heterocycles. The maximum Gasteiger partial charge on any atom is 0.349 e. The number of hydrogen-bond donors (Lipinski definition) is 6. The smallest absolute Gasteiger partial charge is 0.349 e. The van der Waals surface area contributed by atoms with Crippen molar-refractivity contribution in [3.05, 3.63) is 47.5 Å². The minimum absolute atomic E-state index is 0.0178.